The predicted molar refractivity (Wildman–Crippen MR) is 80.2 cm³/mol. The maximum Gasteiger partial charge on any atom is 0.330 e. The van der Waals surface area contributed by atoms with E-state index in [1.165, 1.54) is 38.5 Å². The second-order valence-corrected chi connectivity index (χ2v) is 8.56. The van der Waals surface area contributed by atoms with Gasteiger partial charge in [0.1, 0.15) is 5.60 Å². The first-order chi connectivity index (χ1) is 9.34. The van der Waals surface area contributed by atoms with Crippen molar-refractivity contribution < 1.29 is 9.53 Å². The van der Waals surface area contributed by atoms with Crippen molar-refractivity contribution in [2.75, 3.05) is 0 Å². The molecule has 2 heteroatoms. The number of carbonyl (C=O) groups is 1. The monoisotopic (exact) mass is 276 g/mol. The van der Waals surface area contributed by atoms with Gasteiger partial charge in [-0.25, -0.2) is 4.79 Å². The van der Waals surface area contributed by atoms with E-state index in [-0.39, 0.29) is 11.6 Å². The van der Waals surface area contributed by atoms with E-state index < -0.39 is 0 Å². The van der Waals surface area contributed by atoms with Crippen LogP contribution in [0.4, 0.5) is 0 Å². The molecule has 112 valence electrons. The van der Waals surface area contributed by atoms with Gasteiger partial charge < -0.3 is 4.74 Å². The highest BCUT2D eigenvalue weighted by Crippen LogP contribution is 2.61. The van der Waals surface area contributed by atoms with Gasteiger partial charge in [0.25, 0.3) is 0 Å². The lowest BCUT2D eigenvalue weighted by Gasteiger charge is -2.56. The summed E-state index contributed by atoms with van der Waals surface area (Å²) in [6, 6.07) is 0. The third-order valence-electron chi connectivity index (χ3n) is 5.38. The summed E-state index contributed by atoms with van der Waals surface area (Å²) in [6.07, 6.45) is 13.5. The summed E-state index contributed by atoms with van der Waals surface area (Å²) in [6.45, 7) is 5.74. The van der Waals surface area contributed by atoms with Gasteiger partial charge in [-0.05, 0) is 88.9 Å². The van der Waals surface area contributed by atoms with E-state index in [9.17, 15) is 4.79 Å². The van der Waals surface area contributed by atoms with Crippen LogP contribution in [0.1, 0.15) is 65.7 Å². The van der Waals surface area contributed by atoms with Crippen molar-refractivity contribution in [3.8, 4) is 0 Å². The molecule has 0 radical (unpaired) electrons. The molecule has 0 unspecified atom stereocenters. The van der Waals surface area contributed by atoms with Gasteiger partial charge in [-0.1, -0.05) is 6.08 Å². The summed E-state index contributed by atoms with van der Waals surface area (Å²) in [5, 5.41) is 0. The van der Waals surface area contributed by atoms with Crippen molar-refractivity contribution in [1.29, 1.82) is 0 Å². The van der Waals surface area contributed by atoms with E-state index >= 15 is 0 Å². The molecule has 0 spiro atoms. The van der Waals surface area contributed by atoms with Gasteiger partial charge in [-0.3, -0.25) is 0 Å². The van der Waals surface area contributed by atoms with E-state index in [2.05, 4.69) is 6.08 Å². The number of hydrogen-bond donors (Lipinski definition) is 0. The first kappa shape index (κ1) is 14.2. The van der Waals surface area contributed by atoms with E-state index in [4.69, 9.17) is 4.74 Å². The first-order valence-electron chi connectivity index (χ1n) is 8.23. The van der Waals surface area contributed by atoms with Gasteiger partial charge in [-0.15, -0.1) is 0 Å². The van der Waals surface area contributed by atoms with Crippen LogP contribution >= 0.6 is 0 Å². The summed E-state index contributed by atoms with van der Waals surface area (Å²) < 4.78 is 5.33. The minimum atomic E-state index is -0.387. The molecule has 0 saturated heterocycles. The molecule has 0 aromatic heterocycles. The molecular formula is C18H28O2. The molecule has 0 aromatic carbocycles. The molecule has 0 aliphatic heterocycles. The topological polar surface area (TPSA) is 26.3 Å². The van der Waals surface area contributed by atoms with Crippen LogP contribution in [0.25, 0.3) is 0 Å². The molecule has 0 heterocycles. The zero-order chi connectivity index (χ0) is 14.4. The second kappa shape index (κ2) is 4.89. The molecule has 0 aromatic rings. The fraction of sp³-hybridized carbons (Fsp3) is 0.833. The summed E-state index contributed by atoms with van der Waals surface area (Å²) >= 11 is 0. The summed E-state index contributed by atoms with van der Waals surface area (Å²) in [5.74, 6) is 2.76. The number of ether oxygens (including phenoxy) is 1. The normalized spacial score (nSPS) is 39.5. The van der Waals surface area contributed by atoms with Gasteiger partial charge in [0.2, 0.25) is 0 Å². The largest absolute Gasteiger partial charge is 0.457 e. The molecule has 20 heavy (non-hydrogen) atoms. The quantitative estimate of drug-likeness (QED) is 0.561. The van der Waals surface area contributed by atoms with Crippen molar-refractivity contribution in [3.63, 3.8) is 0 Å². The van der Waals surface area contributed by atoms with Crippen LogP contribution in [-0.2, 0) is 9.53 Å². The minimum Gasteiger partial charge on any atom is -0.457 e. The van der Waals surface area contributed by atoms with Crippen molar-refractivity contribution in [1.82, 2.24) is 0 Å². The zero-order valence-corrected chi connectivity index (χ0v) is 13.2. The van der Waals surface area contributed by atoms with Crippen molar-refractivity contribution in [2.24, 2.45) is 23.2 Å². The Balaban J connectivity index is 1.57. The van der Waals surface area contributed by atoms with E-state index in [1.54, 1.807) is 6.08 Å². The third kappa shape index (κ3) is 3.10. The molecule has 4 aliphatic rings. The van der Waals surface area contributed by atoms with E-state index in [0.29, 0.717) is 5.41 Å². The predicted octanol–water partition coefficient (Wildman–Crippen LogP) is 4.49. The Morgan fingerprint density at radius 3 is 2.05 bits per heavy atom. The van der Waals surface area contributed by atoms with E-state index in [1.807, 2.05) is 20.8 Å². The molecular weight excluding hydrogens is 248 g/mol. The Bertz CT molecular complexity index is 378. The van der Waals surface area contributed by atoms with Crippen LogP contribution in [0.2, 0.25) is 0 Å². The average Bonchev–Trinajstić information content (AvgIpc) is 2.23. The third-order valence-corrected chi connectivity index (χ3v) is 5.38. The Morgan fingerprint density at radius 2 is 1.60 bits per heavy atom. The number of rotatable bonds is 3. The second-order valence-electron chi connectivity index (χ2n) is 8.56. The lowest BCUT2D eigenvalue weighted by molar-refractivity contribution is -0.148. The first-order valence-corrected chi connectivity index (χ1v) is 8.23. The van der Waals surface area contributed by atoms with Gasteiger partial charge in [0, 0.05) is 6.08 Å². The van der Waals surface area contributed by atoms with Gasteiger partial charge in [0.05, 0.1) is 0 Å². The lowest BCUT2D eigenvalue weighted by atomic mass is 9.49. The summed E-state index contributed by atoms with van der Waals surface area (Å²) in [4.78, 5) is 11.7. The summed E-state index contributed by atoms with van der Waals surface area (Å²) in [7, 11) is 0. The Hall–Kier alpha value is -0.790. The van der Waals surface area contributed by atoms with Crippen molar-refractivity contribution in [3.05, 3.63) is 12.2 Å². The Morgan fingerprint density at radius 1 is 1.10 bits per heavy atom. The molecule has 4 fully saturated rings. The fourth-order valence-electron chi connectivity index (χ4n) is 5.28. The molecule has 4 bridgehead atoms. The molecule has 2 nitrogen and oxygen atoms in total. The minimum absolute atomic E-state index is 0.192. The Labute approximate surface area is 123 Å². The molecule has 0 atom stereocenters. The number of allylic oxidation sites excluding steroid dienone is 1. The zero-order valence-electron chi connectivity index (χ0n) is 13.2. The van der Waals surface area contributed by atoms with Crippen LogP contribution in [0.15, 0.2) is 12.2 Å². The maximum absolute atomic E-state index is 11.7. The van der Waals surface area contributed by atoms with Crippen molar-refractivity contribution >= 4 is 5.97 Å². The van der Waals surface area contributed by atoms with Crippen molar-refractivity contribution in [2.45, 2.75) is 71.3 Å². The smallest absolute Gasteiger partial charge is 0.330 e. The highest BCUT2D eigenvalue weighted by atomic mass is 16.6. The number of hydrogen-bond acceptors (Lipinski definition) is 2. The standard InChI is InChI=1S/C18H28O2/c1-17(2,3)20-16(19)5-4-6-18-10-13-7-14(11-18)9-15(8-13)12-18/h4-5,13-15H,6-12H2,1-3H3/b5-4+. The van der Waals surface area contributed by atoms with Crippen LogP contribution in [0, 0.1) is 23.2 Å². The van der Waals surface area contributed by atoms with Crippen LogP contribution < -0.4 is 0 Å². The number of carbonyl (C=O) groups excluding carboxylic acids is 1. The molecule has 4 saturated carbocycles. The molecule has 0 N–H and O–H groups in total. The van der Waals surface area contributed by atoms with Gasteiger partial charge in [-0.2, -0.15) is 0 Å². The SMILES string of the molecule is CC(C)(C)OC(=O)/C=C/CC12CC3CC(CC(C3)C1)C2. The summed E-state index contributed by atoms with van der Waals surface area (Å²) in [5.41, 5.74) is 0.134. The number of esters is 1. The molecule has 4 aliphatic carbocycles. The maximum atomic E-state index is 11.7. The Kier molecular flexibility index (Phi) is 3.46. The molecule has 4 rings (SSSR count). The fourth-order valence-corrected chi connectivity index (χ4v) is 5.28. The van der Waals surface area contributed by atoms with Crippen LogP contribution in [0.5, 0.6) is 0 Å². The highest BCUT2D eigenvalue weighted by molar-refractivity contribution is 5.82. The van der Waals surface area contributed by atoms with Gasteiger partial charge in [0.15, 0.2) is 0 Å². The van der Waals surface area contributed by atoms with Gasteiger partial charge >= 0.3 is 5.97 Å². The van der Waals surface area contributed by atoms with Crippen LogP contribution in [-0.4, -0.2) is 11.6 Å². The average molecular weight is 276 g/mol. The highest BCUT2D eigenvalue weighted by Gasteiger charge is 2.50. The van der Waals surface area contributed by atoms with Crippen LogP contribution in [0.3, 0.4) is 0 Å². The molecule has 0 amide bonds. The van der Waals surface area contributed by atoms with E-state index in [0.717, 1.165) is 24.2 Å². The lowest BCUT2D eigenvalue weighted by Crippen LogP contribution is -2.45.